The first-order valence-corrected chi connectivity index (χ1v) is 9.14. The minimum absolute atomic E-state index is 0.0892. The van der Waals surface area contributed by atoms with Crippen molar-refractivity contribution in [2.45, 2.75) is 6.10 Å². The van der Waals surface area contributed by atoms with Crippen LogP contribution in [0, 0.1) is 0 Å². The van der Waals surface area contributed by atoms with Gasteiger partial charge >= 0.3 is 0 Å². The zero-order chi connectivity index (χ0) is 18.6. The molecule has 1 aliphatic heterocycles. The average molecular weight is 386 g/mol. The van der Waals surface area contributed by atoms with Gasteiger partial charge in [-0.25, -0.2) is 9.97 Å². The van der Waals surface area contributed by atoms with Crippen molar-refractivity contribution in [2.24, 2.45) is 0 Å². The van der Waals surface area contributed by atoms with E-state index in [9.17, 15) is 0 Å². The van der Waals surface area contributed by atoms with Gasteiger partial charge in [0.05, 0.1) is 36.1 Å². The number of nitrogens with one attached hydrogen (secondary N) is 2. The van der Waals surface area contributed by atoms with Gasteiger partial charge in [-0.05, 0) is 24.3 Å². The zero-order valence-electron chi connectivity index (χ0n) is 14.9. The molecule has 27 heavy (non-hydrogen) atoms. The highest BCUT2D eigenvalue weighted by atomic mass is 35.5. The number of fused-ring (bicyclic) bond motifs is 1. The molecule has 7 nitrogen and oxygen atoms in total. The van der Waals surface area contributed by atoms with Crippen LogP contribution in [0.2, 0.25) is 5.02 Å². The highest BCUT2D eigenvalue weighted by Crippen LogP contribution is 2.31. The number of nitrogens with zero attached hydrogens (tertiary/aromatic N) is 3. The third-order valence-electron chi connectivity index (χ3n) is 4.41. The molecule has 0 unspecified atom stereocenters. The van der Waals surface area contributed by atoms with Gasteiger partial charge in [-0.15, -0.1) is 0 Å². The molecular formula is C19H20ClN5O2. The molecule has 1 aliphatic rings. The maximum atomic E-state index is 6.28. The topological polar surface area (TPSA) is 81.2 Å². The molecule has 1 saturated heterocycles. The van der Waals surface area contributed by atoms with Crippen molar-refractivity contribution in [3.05, 3.63) is 41.7 Å². The number of hydrogen-bond donors (Lipinski definition) is 2. The molecule has 2 N–H and O–H groups in total. The fraction of sp³-hybridized carbons (Fsp3) is 0.316. The molecular weight excluding hydrogens is 366 g/mol. The van der Waals surface area contributed by atoms with Gasteiger partial charge in [0, 0.05) is 37.6 Å². The second-order valence-electron chi connectivity index (χ2n) is 6.21. The Labute approximate surface area is 162 Å². The zero-order valence-corrected chi connectivity index (χ0v) is 15.7. The Hall–Kier alpha value is -2.48. The van der Waals surface area contributed by atoms with Crippen LogP contribution < -0.4 is 15.4 Å². The Balaban J connectivity index is 1.68. The van der Waals surface area contributed by atoms with Crippen LogP contribution in [-0.2, 0) is 4.74 Å². The van der Waals surface area contributed by atoms with Crippen LogP contribution in [0.25, 0.3) is 22.3 Å². The number of pyridine rings is 1. The Bertz CT molecular complexity index is 947. The number of ether oxygens (including phenoxy) is 2. The van der Waals surface area contributed by atoms with Gasteiger partial charge in [-0.2, -0.15) is 0 Å². The van der Waals surface area contributed by atoms with E-state index in [1.165, 1.54) is 0 Å². The summed E-state index contributed by atoms with van der Waals surface area (Å²) in [6.45, 7) is 3.05. The summed E-state index contributed by atoms with van der Waals surface area (Å²) < 4.78 is 11.0. The minimum atomic E-state index is 0.0892. The van der Waals surface area contributed by atoms with Gasteiger partial charge in [0.1, 0.15) is 11.3 Å². The Morgan fingerprint density at radius 2 is 2.19 bits per heavy atom. The van der Waals surface area contributed by atoms with Crippen LogP contribution in [-0.4, -0.2) is 54.4 Å². The molecule has 8 heteroatoms. The van der Waals surface area contributed by atoms with E-state index in [0.717, 1.165) is 35.4 Å². The summed E-state index contributed by atoms with van der Waals surface area (Å²) in [5.74, 6) is 1.30. The third-order valence-corrected chi connectivity index (χ3v) is 4.70. The van der Waals surface area contributed by atoms with E-state index in [0.29, 0.717) is 29.7 Å². The van der Waals surface area contributed by atoms with Crippen LogP contribution in [0.15, 0.2) is 36.7 Å². The van der Waals surface area contributed by atoms with Crippen molar-refractivity contribution in [1.82, 2.24) is 20.3 Å². The SMILES string of the molecule is COc1ccc(-c2cc3nccnc3c(NC[C@@H]3CNCCO3)n2)cc1Cl. The number of benzene rings is 1. The summed E-state index contributed by atoms with van der Waals surface area (Å²) in [7, 11) is 1.59. The second-order valence-corrected chi connectivity index (χ2v) is 6.61. The first-order chi connectivity index (χ1) is 13.2. The molecule has 1 fully saturated rings. The second kappa shape index (κ2) is 8.04. The average Bonchev–Trinajstić information content (AvgIpc) is 2.72. The highest BCUT2D eigenvalue weighted by molar-refractivity contribution is 6.32. The summed E-state index contributed by atoms with van der Waals surface area (Å²) in [4.78, 5) is 13.6. The van der Waals surface area contributed by atoms with E-state index >= 15 is 0 Å². The molecule has 2 aromatic heterocycles. The van der Waals surface area contributed by atoms with Crippen LogP contribution in [0.5, 0.6) is 5.75 Å². The van der Waals surface area contributed by atoms with E-state index in [-0.39, 0.29) is 6.10 Å². The summed E-state index contributed by atoms with van der Waals surface area (Å²) in [5, 5.41) is 7.23. The van der Waals surface area contributed by atoms with Gasteiger partial charge in [-0.3, -0.25) is 4.98 Å². The van der Waals surface area contributed by atoms with Gasteiger partial charge in [0.2, 0.25) is 0 Å². The first-order valence-electron chi connectivity index (χ1n) is 8.76. The quantitative estimate of drug-likeness (QED) is 0.698. The predicted molar refractivity (Wildman–Crippen MR) is 105 cm³/mol. The number of rotatable bonds is 5. The van der Waals surface area contributed by atoms with E-state index < -0.39 is 0 Å². The molecule has 4 rings (SSSR count). The summed E-state index contributed by atoms with van der Waals surface area (Å²) in [6.07, 6.45) is 3.43. The van der Waals surface area contributed by atoms with Crippen molar-refractivity contribution in [2.75, 3.05) is 38.7 Å². The van der Waals surface area contributed by atoms with Crippen molar-refractivity contribution in [3.8, 4) is 17.0 Å². The molecule has 1 aromatic carbocycles. The number of anilines is 1. The molecule has 3 heterocycles. The van der Waals surface area contributed by atoms with Crippen LogP contribution in [0.4, 0.5) is 5.82 Å². The van der Waals surface area contributed by atoms with Gasteiger partial charge in [0.15, 0.2) is 5.82 Å². The lowest BCUT2D eigenvalue weighted by Gasteiger charge is -2.24. The highest BCUT2D eigenvalue weighted by Gasteiger charge is 2.16. The first kappa shape index (κ1) is 17.9. The smallest absolute Gasteiger partial charge is 0.154 e. The molecule has 0 bridgehead atoms. The maximum absolute atomic E-state index is 6.28. The maximum Gasteiger partial charge on any atom is 0.154 e. The number of morpholine rings is 1. The van der Waals surface area contributed by atoms with Crippen LogP contribution >= 0.6 is 11.6 Å². The van der Waals surface area contributed by atoms with Crippen molar-refractivity contribution < 1.29 is 9.47 Å². The number of hydrogen-bond acceptors (Lipinski definition) is 7. The molecule has 0 spiro atoms. The van der Waals surface area contributed by atoms with Crippen molar-refractivity contribution in [3.63, 3.8) is 0 Å². The molecule has 0 aliphatic carbocycles. The molecule has 140 valence electrons. The van der Waals surface area contributed by atoms with Crippen LogP contribution in [0.3, 0.4) is 0 Å². The fourth-order valence-electron chi connectivity index (χ4n) is 3.03. The number of aromatic nitrogens is 3. The van der Waals surface area contributed by atoms with E-state index in [1.807, 2.05) is 24.3 Å². The minimum Gasteiger partial charge on any atom is -0.495 e. The lowest BCUT2D eigenvalue weighted by atomic mass is 10.1. The van der Waals surface area contributed by atoms with Crippen LogP contribution in [0.1, 0.15) is 0 Å². The van der Waals surface area contributed by atoms with Gasteiger partial charge in [0.25, 0.3) is 0 Å². The number of methoxy groups -OCH3 is 1. The lowest BCUT2D eigenvalue weighted by Crippen LogP contribution is -2.42. The predicted octanol–water partition coefficient (Wildman–Crippen LogP) is 2.75. The van der Waals surface area contributed by atoms with Gasteiger partial charge < -0.3 is 20.1 Å². The normalized spacial score (nSPS) is 17.0. The Morgan fingerprint density at radius 1 is 1.30 bits per heavy atom. The molecule has 0 amide bonds. The summed E-state index contributed by atoms with van der Waals surface area (Å²) in [6, 6.07) is 7.50. The van der Waals surface area contributed by atoms with E-state index in [4.69, 9.17) is 26.1 Å². The summed E-state index contributed by atoms with van der Waals surface area (Å²) in [5.41, 5.74) is 3.13. The Morgan fingerprint density at radius 3 is 2.96 bits per heavy atom. The monoisotopic (exact) mass is 385 g/mol. The van der Waals surface area contributed by atoms with E-state index in [2.05, 4.69) is 20.6 Å². The summed E-state index contributed by atoms with van der Waals surface area (Å²) >= 11 is 6.28. The molecule has 0 saturated carbocycles. The largest absolute Gasteiger partial charge is 0.495 e. The molecule has 1 atom stereocenters. The standard InChI is InChI=1S/C19H20ClN5O2/c1-26-17-3-2-12(8-14(17)20)15-9-16-18(23-5-4-22-16)19(25-15)24-11-13-10-21-6-7-27-13/h2-5,8-9,13,21H,6-7,10-11H2,1H3,(H,24,25)/t13-/m0/s1. The number of halogens is 1. The van der Waals surface area contributed by atoms with E-state index in [1.54, 1.807) is 19.5 Å². The van der Waals surface area contributed by atoms with Gasteiger partial charge in [-0.1, -0.05) is 11.6 Å². The lowest BCUT2D eigenvalue weighted by molar-refractivity contribution is 0.0372. The Kier molecular flexibility index (Phi) is 5.33. The third kappa shape index (κ3) is 3.95. The molecule has 3 aromatic rings. The molecule has 0 radical (unpaired) electrons. The van der Waals surface area contributed by atoms with Crippen molar-refractivity contribution >= 4 is 28.5 Å². The van der Waals surface area contributed by atoms with Crippen molar-refractivity contribution in [1.29, 1.82) is 0 Å². The fourth-order valence-corrected chi connectivity index (χ4v) is 3.29.